The first-order valence-corrected chi connectivity index (χ1v) is 4.33. The highest BCUT2D eigenvalue weighted by atomic mass is 15.1. The molecule has 0 aromatic rings. The van der Waals surface area contributed by atoms with Crippen LogP contribution in [-0.4, -0.2) is 18.0 Å². The van der Waals surface area contributed by atoms with Gasteiger partial charge in [-0.05, 0) is 30.6 Å². The second-order valence-electron chi connectivity index (χ2n) is 3.99. The van der Waals surface area contributed by atoms with Crippen LogP contribution in [0.1, 0.15) is 19.8 Å². The first kappa shape index (κ1) is 6.66. The lowest BCUT2D eigenvalue weighted by molar-refractivity contribution is 0.160. The normalized spacial score (nSPS) is 48.0. The van der Waals surface area contributed by atoms with E-state index in [1.165, 1.54) is 25.9 Å². The first-order chi connectivity index (χ1) is 4.77. The van der Waals surface area contributed by atoms with Gasteiger partial charge < -0.3 is 4.90 Å². The summed E-state index contributed by atoms with van der Waals surface area (Å²) in [6.45, 7) is 4.91. The molecule has 0 N–H and O–H groups in total. The van der Waals surface area contributed by atoms with Crippen molar-refractivity contribution < 1.29 is 0 Å². The van der Waals surface area contributed by atoms with Gasteiger partial charge in [-0.25, -0.2) is 0 Å². The molecule has 2 fully saturated rings. The van der Waals surface area contributed by atoms with Crippen molar-refractivity contribution in [1.29, 1.82) is 0 Å². The molecular weight excluding hydrogens is 122 g/mol. The van der Waals surface area contributed by atoms with E-state index < -0.39 is 0 Å². The van der Waals surface area contributed by atoms with E-state index in [9.17, 15) is 0 Å². The molecule has 1 heterocycles. The summed E-state index contributed by atoms with van der Waals surface area (Å²) in [5.74, 6) is 2.92. The van der Waals surface area contributed by atoms with Gasteiger partial charge in [0.25, 0.3) is 0 Å². The minimum absolute atomic E-state index is 0.969. The summed E-state index contributed by atoms with van der Waals surface area (Å²) < 4.78 is 0. The number of likely N-dealkylation sites (tertiary alicyclic amines) is 1. The number of hydrogen-bond donors (Lipinski definition) is 0. The van der Waals surface area contributed by atoms with E-state index in [-0.39, 0.29) is 0 Å². The highest BCUT2D eigenvalue weighted by molar-refractivity contribution is 4.90. The summed E-state index contributed by atoms with van der Waals surface area (Å²) in [7, 11) is 4.01. The van der Waals surface area contributed by atoms with Crippen LogP contribution in [0, 0.1) is 24.8 Å². The average Bonchev–Trinajstić information content (AvgIpc) is 2.20. The Labute approximate surface area is 63.4 Å². The molecule has 0 spiro atoms. The fourth-order valence-corrected chi connectivity index (χ4v) is 2.59. The SMILES string of the molecule is [CH2]N1CC2CCC(C1)C2C. The summed E-state index contributed by atoms with van der Waals surface area (Å²) in [4.78, 5) is 2.25. The lowest BCUT2D eigenvalue weighted by Crippen LogP contribution is -2.36. The Kier molecular flexibility index (Phi) is 1.48. The van der Waals surface area contributed by atoms with Gasteiger partial charge in [0.15, 0.2) is 0 Å². The Bertz CT molecular complexity index is 119. The molecule has 1 heteroatoms. The van der Waals surface area contributed by atoms with E-state index in [4.69, 9.17) is 0 Å². The molecule has 2 atom stereocenters. The third-order valence-corrected chi connectivity index (χ3v) is 3.38. The number of rotatable bonds is 0. The molecule has 1 radical (unpaired) electrons. The van der Waals surface area contributed by atoms with Crippen LogP contribution in [0.5, 0.6) is 0 Å². The summed E-state index contributed by atoms with van der Waals surface area (Å²) in [6, 6.07) is 0. The van der Waals surface area contributed by atoms with Gasteiger partial charge in [0.2, 0.25) is 0 Å². The van der Waals surface area contributed by atoms with Crippen molar-refractivity contribution in [3.63, 3.8) is 0 Å². The smallest absolute Gasteiger partial charge is 0.0110 e. The van der Waals surface area contributed by atoms with Gasteiger partial charge in [-0.2, -0.15) is 0 Å². The molecule has 10 heavy (non-hydrogen) atoms. The molecule has 0 aromatic heterocycles. The topological polar surface area (TPSA) is 3.24 Å². The monoisotopic (exact) mass is 138 g/mol. The summed E-state index contributed by atoms with van der Waals surface area (Å²) in [5.41, 5.74) is 0. The van der Waals surface area contributed by atoms with E-state index in [2.05, 4.69) is 18.9 Å². The van der Waals surface area contributed by atoms with E-state index in [0.29, 0.717) is 0 Å². The molecule has 0 aromatic carbocycles. The Balaban J connectivity index is 2.09. The van der Waals surface area contributed by atoms with Gasteiger partial charge in [0.1, 0.15) is 0 Å². The van der Waals surface area contributed by atoms with Gasteiger partial charge in [-0.1, -0.05) is 6.92 Å². The Morgan fingerprint density at radius 1 is 1.20 bits per heavy atom. The highest BCUT2D eigenvalue weighted by Crippen LogP contribution is 2.40. The second kappa shape index (κ2) is 2.23. The molecular formula is C9H16N. The molecule has 2 aliphatic rings. The fraction of sp³-hybridized carbons (Fsp3) is 0.889. The van der Waals surface area contributed by atoms with Crippen molar-refractivity contribution in [2.45, 2.75) is 19.8 Å². The van der Waals surface area contributed by atoms with Crippen molar-refractivity contribution >= 4 is 0 Å². The van der Waals surface area contributed by atoms with Crippen LogP contribution in [-0.2, 0) is 0 Å². The third kappa shape index (κ3) is 0.878. The summed E-state index contributed by atoms with van der Waals surface area (Å²) >= 11 is 0. The minimum Gasteiger partial charge on any atom is -0.301 e. The van der Waals surface area contributed by atoms with Gasteiger partial charge in [0.05, 0.1) is 0 Å². The zero-order valence-corrected chi connectivity index (χ0v) is 6.71. The quantitative estimate of drug-likeness (QED) is 0.493. The standard InChI is InChI=1S/C9H16N/c1-7-8-3-4-9(7)6-10(2)5-8/h7-9H,2-6H2,1H3. The average molecular weight is 138 g/mol. The fourth-order valence-electron chi connectivity index (χ4n) is 2.59. The van der Waals surface area contributed by atoms with Crippen molar-refractivity contribution in [1.82, 2.24) is 4.90 Å². The van der Waals surface area contributed by atoms with Crippen LogP contribution in [0.4, 0.5) is 0 Å². The van der Waals surface area contributed by atoms with Crippen LogP contribution in [0.15, 0.2) is 0 Å². The summed E-state index contributed by atoms with van der Waals surface area (Å²) in [6.07, 6.45) is 2.91. The maximum Gasteiger partial charge on any atom is 0.0110 e. The van der Waals surface area contributed by atoms with Gasteiger partial charge in [-0.15, -0.1) is 0 Å². The number of piperidine rings is 1. The van der Waals surface area contributed by atoms with Gasteiger partial charge in [-0.3, -0.25) is 0 Å². The van der Waals surface area contributed by atoms with E-state index in [0.717, 1.165) is 17.8 Å². The Hall–Kier alpha value is -0.0400. The van der Waals surface area contributed by atoms with E-state index in [1.807, 2.05) is 0 Å². The molecule has 1 saturated carbocycles. The third-order valence-electron chi connectivity index (χ3n) is 3.38. The molecule has 1 saturated heterocycles. The molecule has 1 aliphatic heterocycles. The maximum atomic E-state index is 4.01. The zero-order valence-electron chi connectivity index (χ0n) is 6.71. The molecule has 57 valence electrons. The second-order valence-corrected chi connectivity index (χ2v) is 3.99. The van der Waals surface area contributed by atoms with Gasteiger partial charge >= 0.3 is 0 Å². The Morgan fingerprint density at radius 3 is 2.20 bits per heavy atom. The number of fused-ring (bicyclic) bond motifs is 2. The predicted molar refractivity (Wildman–Crippen MR) is 42.3 cm³/mol. The van der Waals surface area contributed by atoms with Crippen LogP contribution in [0.2, 0.25) is 0 Å². The molecule has 1 aliphatic carbocycles. The Morgan fingerprint density at radius 2 is 1.70 bits per heavy atom. The first-order valence-electron chi connectivity index (χ1n) is 4.33. The van der Waals surface area contributed by atoms with Crippen LogP contribution >= 0.6 is 0 Å². The van der Waals surface area contributed by atoms with E-state index >= 15 is 0 Å². The number of nitrogens with zero attached hydrogens (tertiary/aromatic N) is 1. The largest absolute Gasteiger partial charge is 0.301 e. The molecule has 1 nitrogen and oxygen atoms in total. The highest BCUT2D eigenvalue weighted by Gasteiger charge is 2.37. The van der Waals surface area contributed by atoms with Crippen LogP contribution in [0.3, 0.4) is 0 Å². The lowest BCUT2D eigenvalue weighted by atomic mass is 9.87. The number of hydrogen-bond acceptors (Lipinski definition) is 1. The zero-order chi connectivity index (χ0) is 7.14. The molecule has 2 rings (SSSR count). The van der Waals surface area contributed by atoms with Gasteiger partial charge in [0, 0.05) is 20.1 Å². The van der Waals surface area contributed by atoms with Crippen molar-refractivity contribution in [2.75, 3.05) is 13.1 Å². The van der Waals surface area contributed by atoms with Crippen LogP contribution in [0.25, 0.3) is 0 Å². The molecule has 2 unspecified atom stereocenters. The molecule has 2 bridgehead atoms. The lowest BCUT2D eigenvalue weighted by Gasteiger charge is -2.33. The van der Waals surface area contributed by atoms with Crippen molar-refractivity contribution in [3.8, 4) is 0 Å². The van der Waals surface area contributed by atoms with Crippen molar-refractivity contribution in [3.05, 3.63) is 7.05 Å². The van der Waals surface area contributed by atoms with E-state index in [1.54, 1.807) is 0 Å². The molecule has 0 amide bonds. The van der Waals surface area contributed by atoms with Crippen molar-refractivity contribution in [2.24, 2.45) is 17.8 Å². The predicted octanol–water partition coefficient (Wildman–Crippen LogP) is 1.76. The summed E-state index contributed by atoms with van der Waals surface area (Å²) in [5, 5.41) is 0. The van der Waals surface area contributed by atoms with Crippen LogP contribution < -0.4 is 0 Å². The minimum atomic E-state index is 0.969. The maximum absolute atomic E-state index is 4.01.